The number of hydrogen-bond acceptors (Lipinski definition) is 6. The molecule has 7 nitrogen and oxygen atoms in total. The minimum Gasteiger partial charge on any atom is -0.497 e. The van der Waals surface area contributed by atoms with Crippen molar-refractivity contribution in [2.24, 2.45) is 0 Å². The van der Waals surface area contributed by atoms with E-state index in [2.05, 4.69) is 5.32 Å². The Morgan fingerprint density at radius 3 is 2.62 bits per heavy atom. The molecule has 0 unspecified atom stereocenters. The molecule has 1 aromatic heterocycles. The summed E-state index contributed by atoms with van der Waals surface area (Å²) in [5, 5.41) is 2.74. The van der Waals surface area contributed by atoms with E-state index in [1.165, 1.54) is 12.3 Å². The van der Waals surface area contributed by atoms with E-state index in [1.54, 1.807) is 45.4 Å². The Bertz CT molecular complexity index is 695. The molecule has 0 saturated carbocycles. The van der Waals surface area contributed by atoms with Gasteiger partial charge in [-0.25, -0.2) is 4.79 Å². The van der Waals surface area contributed by atoms with Crippen molar-refractivity contribution >= 4 is 11.9 Å². The van der Waals surface area contributed by atoms with Crippen molar-refractivity contribution in [3.8, 4) is 11.5 Å². The summed E-state index contributed by atoms with van der Waals surface area (Å²) in [4.78, 5) is 23.6. The molecule has 2 rings (SSSR count). The first-order chi connectivity index (χ1) is 11.5. The van der Waals surface area contributed by atoms with Gasteiger partial charge >= 0.3 is 5.97 Å². The minimum absolute atomic E-state index is 0.0466. The normalized spacial score (nSPS) is 11.5. The highest BCUT2D eigenvalue weighted by molar-refractivity contribution is 5.88. The summed E-state index contributed by atoms with van der Waals surface area (Å²) in [7, 11) is 3.11. The van der Waals surface area contributed by atoms with E-state index in [0.29, 0.717) is 11.5 Å². The summed E-state index contributed by atoms with van der Waals surface area (Å²) < 4.78 is 20.3. The maximum Gasteiger partial charge on any atom is 0.374 e. The Hall–Kier alpha value is -2.96. The first-order valence-electron chi connectivity index (χ1n) is 7.27. The van der Waals surface area contributed by atoms with Gasteiger partial charge in [0.15, 0.2) is 6.61 Å². The summed E-state index contributed by atoms with van der Waals surface area (Å²) >= 11 is 0. The first kappa shape index (κ1) is 17.4. The number of amides is 1. The standard InChI is InChI=1S/C17H19NO6/c1-11(13-9-12(21-2)6-7-14(13)22-3)18-16(19)10-24-17(20)15-5-4-8-23-15/h4-9,11H,10H2,1-3H3,(H,18,19)/t11-/m1/s1. The third kappa shape index (κ3) is 4.28. The molecular weight excluding hydrogens is 314 g/mol. The predicted octanol–water partition coefficient (Wildman–Crippen LogP) is 2.33. The number of ether oxygens (including phenoxy) is 3. The molecule has 1 heterocycles. The Morgan fingerprint density at radius 1 is 1.21 bits per heavy atom. The molecule has 0 aliphatic carbocycles. The van der Waals surface area contributed by atoms with Crippen LogP contribution in [0.2, 0.25) is 0 Å². The molecule has 0 saturated heterocycles. The summed E-state index contributed by atoms with van der Waals surface area (Å²) in [6.45, 7) is 1.39. The van der Waals surface area contributed by atoms with Crippen molar-refractivity contribution in [2.45, 2.75) is 13.0 Å². The number of methoxy groups -OCH3 is 2. The van der Waals surface area contributed by atoms with Gasteiger partial charge < -0.3 is 23.9 Å². The molecule has 0 aliphatic rings. The van der Waals surface area contributed by atoms with E-state index < -0.39 is 18.5 Å². The average Bonchev–Trinajstić information content (AvgIpc) is 3.13. The zero-order chi connectivity index (χ0) is 17.5. The van der Waals surface area contributed by atoms with Gasteiger partial charge in [0.05, 0.1) is 26.5 Å². The van der Waals surface area contributed by atoms with Crippen LogP contribution in [0.25, 0.3) is 0 Å². The highest BCUT2D eigenvalue weighted by Gasteiger charge is 2.17. The van der Waals surface area contributed by atoms with E-state index in [0.717, 1.165) is 5.56 Å². The van der Waals surface area contributed by atoms with Crippen molar-refractivity contribution in [2.75, 3.05) is 20.8 Å². The Morgan fingerprint density at radius 2 is 2.00 bits per heavy atom. The zero-order valence-corrected chi connectivity index (χ0v) is 13.7. The fourth-order valence-corrected chi connectivity index (χ4v) is 2.14. The van der Waals surface area contributed by atoms with Gasteiger partial charge in [-0.1, -0.05) is 0 Å². The maximum atomic E-state index is 12.0. The number of hydrogen-bond donors (Lipinski definition) is 1. The highest BCUT2D eigenvalue weighted by atomic mass is 16.5. The van der Waals surface area contributed by atoms with Crippen LogP contribution in [0, 0.1) is 0 Å². The third-order valence-electron chi connectivity index (χ3n) is 3.34. The molecule has 2 aromatic rings. The van der Waals surface area contributed by atoms with Crippen LogP contribution < -0.4 is 14.8 Å². The van der Waals surface area contributed by atoms with Crippen LogP contribution >= 0.6 is 0 Å². The lowest BCUT2D eigenvalue weighted by atomic mass is 10.1. The second-order valence-electron chi connectivity index (χ2n) is 4.95. The summed E-state index contributed by atoms with van der Waals surface area (Å²) in [6.07, 6.45) is 1.35. The van der Waals surface area contributed by atoms with Gasteiger partial charge in [-0.05, 0) is 37.3 Å². The van der Waals surface area contributed by atoms with Crippen molar-refractivity contribution in [1.82, 2.24) is 5.32 Å². The fraction of sp³-hybridized carbons (Fsp3) is 0.294. The Balaban J connectivity index is 1.95. The van der Waals surface area contributed by atoms with E-state index in [1.807, 2.05) is 0 Å². The number of rotatable bonds is 7. The van der Waals surface area contributed by atoms with Crippen molar-refractivity contribution in [1.29, 1.82) is 0 Å². The Kier molecular flexibility index (Phi) is 5.83. The van der Waals surface area contributed by atoms with Crippen LogP contribution in [0.3, 0.4) is 0 Å². The number of carbonyl (C=O) groups excluding carboxylic acids is 2. The largest absolute Gasteiger partial charge is 0.497 e. The van der Waals surface area contributed by atoms with Crippen LogP contribution in [-0.2, 0) is 9.53 Å². The molecule has 1 aromatic carbocycles. The highest BCUT2D eigenvalue weighted by Crippen LogP contribution is 2.29. The predicted molar refractivity (Wildman–Crippen MR) is 85.1 cm³/mol. The number of esters is 1. The summed E-state index contributed by atoms with van der Waals surface area (Å²) in [6, 6.07) is 7.97. The SMILES string of the molecule is COc1ccc(OC)c([C@@H](C)NC(=O)COC(=O)c2ccco2)c1. The van der Waals surface area contributed by atoms with Crippen LogP contribution in [0.15, 0.2) is 41.0 Å². The smallest absolute Gasteiger partial charge is 0.374 e. The fourth-order valence-electron chi connectivity index (χ4n) is 2.14. The molecule has 1 amide bonds. The number of benzene rings is 1. The topological polar surface area (TPSA) is 87.0 Å². The summed E-state index contributed by atoms with van der Waals surface area (Å²) in [5.74, 6) is 0.187. The van der Waals surface area contributed by atoms with Crippen LogP contribution in [0.4, 0.5) is 0 Å². The lowest BCUT2D eigenvalue weighted by Gasteiger charge is -2.18. The number of nitrogens with one attached hydrogen (secondary N) is 1. The molecule has 1 atom stereocenters. The lowest BCUT2D eigenvalue weighted by Crippen LogP contribution is -2.31. The van der Waals surface area contributed by atoms with Crippen LogP contribution in [0.5, 0.6) is 11.5 Å². The monoisotopic (exact) mass is 333 g/mol. The van der Waals surface area contributed by atoms with Gasteiger partial charge in [-0.15, -0.1) is 0 Å². The molecule has 0 aliphatic heterocycles. The third-order valence-corrected chi connectivity index (χ3v) is 3.34. The number of carbonyl (C=O) groups is 2. The molecule has 128 valence electrons. The maximum absolute atomic E-state index is 12.0. The quantitative estimate of drug-likeness (QED) is 0.783. The van der Waals surface area contributed by atoms with E-state index in [4.69, 9.17) is 18.6 Å². The van der Waals surface area contributed by atoms with Crippen molar-refractivity contribution < 1.29 is 28.2 Å². The molecule has 0 fully saturated rings. The zero-order valence-electron chi connectivity index (χ0n) is 13.7. The molecule has 7 heteroatoms. The molecular formula is C17H19NO6. The molecule has 1 N–H and O–H groups in total. The van der Waals surface area contributed by atoms with Gasteiger partial charge in [-0.3, -0.25) is 4.79 Å². The number of furan rings is 1. The first-order valence-corrected chi connectivity index (χ1v) is 7.27. The van der Waals surface area contributed by atoms with Crippen LogP contribution in [-0.4, -0.2) is 32.7 Å². The van der Waals surface area contributed by atoms with Crippen molar-refractivity contribution in [3.05, 3.63) is 47.9 Å². The Labute approximate surface area is 139 Å². The van der Waals surface area contributed by atoms with Crippen LogP contribution in [0.1, 0.15) is 29.1 Å². The van der Waals surface area contributed by atoms with Gasteiger partial charge in [0.25, 0.3) is 5.91 Å². The molecule has 0 radical (unpaired) electrons. The molecule has 24 heavy (non-hydrogen) atoms. The van der Waals surface area contributed by atoms with Gasteiger partial charge in [0.2, 0.25) is 5.76 Å². The second kappa shape index (κ2) is 8.05. The van der Waals surface area contributed by atoms with E-state index in [9.17, 15) is 9.59 Å². The van der Waals surface area contributed by atoms with Crippen molar-refractivity contribution in [3.63, 3.8) is 0 Å². The van der Waals surface area contributed by atoms with Gasteiger partial charge in [0.1, 0.15) is 11.5 Å². The lowest BCUT2D eigenvalue weighted by molar-refractivity contribution is -0.124. The average molecular weight is 333 g/mol. The second-order valence-corrected chi connectivity index (χ2v) is 4.95. The molecule has 0 bridgehead atoms. The van der Waals surface area contributed by atoms with Gasteiger partial charge in [-0.2, -0.15) is 0 Å². The van der Waals surface area contributed by atoms with E-state index >= 15 is 0 Å². The van der Waals surface area contributed by atoms with Gasteiger partial charge in [0, 0.05) is 5.56 Å². The van der Waals surface area contributed by atoms with E-state index in [-0.39, 0.29) is 11.8 Å². The summed E-state index contributed by atoms with van der Waals surface area (Å²) in [5.41, 5.74) is 0.752. The minimum atomic E-state index is -0.693. The molecule has 0 spiro atoms.